The van der Waals surface area contributed by atoms with Gasteiger partial charge in [-0.05, 0) is 44.1 Å². The normalized spacial score (nSPS) is 20.0. The first kappa shape index (κ1) is 13.0. The third-order valence-electron chi connectivity index (χ3n) is 3.39. The van der Waals surface area contributed by atoms with Crippen LogP contribution in [-0.4, -0.2) is 37.5 Å². The molecule has 1 saturated heterocycles. The van der Waals surface area contributed by atoms with Gasteiger partial charge in [0.05, 0.1) is 5.92 Å². The zero-order valence-corrected chi connectivity index (χ0v) is 10.7. The summed E-state index contributed by atoms with van der Waals surface area (Å²) in [6.07, 6.45) is 1.69. The minimum absolute atomic E-state index is 0.128. The van der Waals surface area contributed by atoms with Crippen LogP contribution >= 0.6 is 0 Å². The summed E-state index contributed by atoms with van der Waals surface area (Å²) in [5.74, 6) is 0.0430. The zero-order chi connectivity index (χ0) is 13.0. The number of rotatable bonds is 4. The molecule has 1 aromatic carbocycles. The summed E-state index contributed by atoms with van der Waals surface area (Å²) in [4.78, 5) is 14.0. The van der Waals surface area contributed by atoms with Crippen molar-refractivity contribution in [3.8, 4) is 0 Å². The predicted octanol–water partition coefficient (Wildman–Crippen LogP) is 1.44. The molecule has 0 spiro atoms. The average Bonchev–Trinajstić information content (AvgIpc) is 2.78. The highest BCUT2D eigenvalue weighted by Crippen LogP contribution is 2.14. The van der Waals surface area contributed by atoms with Crippen molar-refractivity contribution in [1.29, 1.82) is 0 Å². The molecule has 1 unspecified atom stereocenters. The SMILES string of the molecule is CN1CCC(C(=O)NCCc2ccc(F)cc2)C1. The summed E-state index contributed by atoms with van der Waals surface area (Å²) >= 11 is 0. The van der Waals surface area contributed by atoms with Crippen molar-refractivity contribution in [2.45, 2.75) is 12.8 Å². The van der Waals surface area contributed by atoms with Crippen LogP contribution in [0, 0.1) is 11.7 Å². The fraction of sp³-hybridized carbons (Fsp3) is 0.500. The van der Waals surface area contributed by atoms with E-state index in [0.717, 1.165) is 31.5 Å². The standard InChI is InChI=1S/C14H19FN2O/c1-17-9-7-12(10-17)14(18)16-8-6-11-2-4-13(15)5-3-11/h2-5,12H,6-10H2,1H3,(H,16,18). The highest BCUT2D eigenvalue weighted by atomic mass is 19.1. The number of hydrogen-bond acceptors (Lipinski definition) is 2. The largest absolute Gasteiger partial charge is 0.355 e. The lowest BCUT2D eigenvalue weighted by atomic mass is 10.1. The van der Waals surface area contributed by atoms with E-state index in [-0.39, 0.29) is 17.6 Å². The van der Waals surface area contributed by atoms with Gasteiger partial charge in [0.25, 0.3) is 0 Å². The Kier molecular flexibility index (Phi) is 4.31. The molecule has 1 aliphatic heterocycles. The van der Waals surface area contributed by atoms with Crippen LogP contribution < -0.4 is 5.32 Å². The number of amides is 1. The van der Waals surface area contributed by atoms with Gasteiger partial charge in [0, 0.05) is 13.1 Å². The number of halogens is 1. The number of carbonyl (C=O) groups excluding carboxylic acids is 1. The van der Waals surface area contributed by atoms with E-state index in [9.17, 15) is 9.18 Å². The van der Waals surface area contributed by atoms with Crippen LogP contribution in [-0.2, 0) is 11.2 Å². The summed E-state index contributed by atoms with van der Waals surface area (Å²) < 4.78 is 12.7. The van der Waals surface area contributed by atoms with E-state index >= 15 is 0 Å². The van der Waals surface area contributed by atoms with E-state index in [0.29, 0.717) is 6.54 Å². The Morgan fingerprint density at radius 2 is 2.17 bits per heavy atom. The maximum absolute atomic E-state index is 12.7. The number of likely N-dealkylation sites (tertiary alicyclic amines) is 1. The lowest BCUT2D eigenvalue weighted by Gasteiger charge is -2.11. The van der Waals surface area contributed by atoms with Gasteiger partial charge in [0.15, 0.2) is 0 Å². The maximum Gasteiger partial charge on any atom is 0.224 e. The van der Waals surface area contributed by atoms with Crippen molar-refractivity contribution in [1.82, 2.24) is 10.2 Å². The highest BCUT2D eigenvalue weighted by Gasteiger charge is 2.25. The van der Waals surface area contributed by atoms with E-state index < -0.39 is 0 Å². The molecule has 1 amide bonds. The van der Waals surface area contributed by atoms with Crippen LogP contribution in [0.5, 0.6) is 0 Å². The molecule has 2 rings (SSSR count). The lowest BCUT2D eigenvalue weighted by Crippen LogP contribution is -2.33. The Labute approximate surface area is 107 Å². The van der Waals surface area contributed by atoms with Gasteiger partial charge in [0.2, 0.25) is 5.91 Å². The molecule has 0 saturated carbocycles. The van der Waals surface area contributed by atoms with Gasteiger partial charge in [0.1, 0.15) is 5.82 Å². The fourth-order valence-electron chi connectivity index (χ4n) is 2.27. The summed E-state index contributed by atoms with van der Waals surface area (Å²) in [6.45, 7) is 2.46. The molecule has 18 heavy (non-hydrogen) atoms. The molecule has 1 fully saturated rings. The first-order valence-corrected chi connectivity index (χ1v) is 6.36. The number of hydrogen-bond donors (Lipinski definition) is 1. The van der Waals surface area contributed by atoms with Crippen LogP contribution in [0.25, 0.3) is 0 Å². The molecule has 98 valence electrons. The van der Waals surface area contributed by atoms with Crippen molar-refractivity contribution < 1.29 is 9.18 Å². The summed E-state index contributed by atoms with van der Waals surface area (Å²) in [5, 5.41) is 2.95. The third kappa shape index (κ3) is 3.53. The van der Waals surface area contributed by atoms with E-state index in [2.05, 4.69) is 10.2 Å². The quantitative estimate of drug-likeness (QED) is 0.877. The topological polar surface area (TPSA) is 32.3 Å². The summed E-state index contributed by atoms with van der Waals surface area (Å²) in [7, 11) is 2.03. The number of carbonyl (C=O) groups is 1. The van der Waals surface area contributed by atoms with Crippen LogP contribution in [0.3, 0.4) is 0 Å². The summed E-state index contributed by atoms with van der Waals surface area (Å²) in [5.41, 5.74) is 1.04. The van der Waals surface area contributed by atoms with Gasteiger partial charge >= 0.3 is 0 Å². The fourth-order valence-corrected chi connectivity index (χ4v) is 2.27. The molecule has 0 aliphatic carbocycles. The number of benzene rings is 1. The van der Waals surface area contributed by atoms with Gasteiger partial charge in [-0.15, -0.1) is 0 Å². The van der Waals surface area contributed by atoms with Crippen LogP contribution in [0.2, 0.25) is 0 Å². The minimum atomic E-state index is -0.225. The van der Waals surface area contributed by atoms with Crippen LogP contribution in [0.15, 0.2) is 24.3 Å². The van der Waals surface area contributed by atoms with Gasteiger partial charge in [-0.25, -0.2) is 4.39 Å². The predicted molar refractivity (Wildman–Crippen MR) is 68.7 cm³/mol. The number of nitrogens with zero attached hydrogens (tertiary/aromatic N) is 1. The molecular formula is C14H19FN2O. The van der Waals surface area contributed by atoms with E-state index in [1.54, 1.807) is 12.1 Å². The number of nitrogens with one attached hydrogen (secondary N) is 1. The van der Waals surface area contributed by atoms with Crippen molar-refractivity contribution in [3.05, 3.63) is 35.6 Å². The molecule has 1 N–H and O–H groups in total. The lowest BCUT2D eigenvalue weighted by molar-refractivity contribution is -0.124. The van der Waals surface area contributed by atoms with Crippen LogP contribution in [0.1, 0.15) is 12.0 Å². The second kappa shape index (κ2) is 5.96. The van der Waals surface area contributed by atoms with Gasteiger partial charge < -0.3 is 10.2 Å². The molecule has 4 heteroatoms. The van der Waals surface area contributed by atoms with Gasteiger partial charge in [-0.1, -0.05) is 12.1 Å². The molecule has 1 aliphatic rings. The second-order valence-electron chi connectivity index (χ2n) is 4.92. The minimum Gasteiger partial charge on any atom is -0.355 e. The second-order valence-corrected chi connectivity index (χ2v) is 4.92. The van der Waals surface area contributed by atoms with E-state index in [1.165, 1.54) is 12.1 Å². The van der Waals surface area contributed by atoms with Gasteiger partial charge in [-0.2, -0.15) is 0 Å². The Balaban J connectivity index is 1.72. The molecule has 0 bridgehead atoms. The van der Waals surface area contributed by atoms with Crippen LogP contribution in [0.4, 0.5) is 4.39 Å². The molecule has 1 atom stereocenters. The first-order valence-electron chi connectivity index (χ1n) is 6.36. The van der Waals surface area contributed by atoms with Crippen molar-refractivity contribution in [2.75, 3.05) is 26.7 Å². The summed E-state index contributed by atoms with van der Waals surface area (Å²) in [6, 6.07) is 6.40. The Morgan fingerprint density at radius 3 is 2.78 bits per heavy atom. The molecule has 1 aromatic rings. The first-order chi connectivity index (χ1) is 8.65. The third-order valence-corrected chi connectivity index (χ3v) is 3.39. The van der Waals surface area contributed by atoms with Crippen molar-refractivity contribution >= 4 is 5.91 Å². The zero-order valence-electron chi connectivity index (χ0n) is 10.7. The Hall–Kier alpha value is -1.42. The molecule has 0 aromatic heterocycles. The molecular weight excluding hydrogens is 231 g/mol. The highest BCUT2D eigenvalue weighted by molar-refractivity contribution is 5.79. The maximum atomic E-state index is 12.7. The molecule has 3 nitrogen and oxygen atoms in total. The van der Waals surface area contributed by atoms with Crippen molar-refractivity contribution in [2.24, 2.45) is 5.92 Å². The Bertz CT molecular complexity index is 405. The van der Waals surface area contributed by atoms with Crippen molar-refractivity contribution in [3.63, 3.8) is 0 Å². The average molecular weight is 250 g/mol. The van der Waals surface area contributed by atoms with E-state index in [1.807, 2.05) is 7.05 Å². The monoisotopic (exact) mass is 250 g/mol. The van der Waals surface area contributed by atoms with Gasteiger partial charge in [-0.3, -0.25) is 4.79 Å². The molecule has 1 heterocycles. The van der Waals surface area contributed by atoms with E-state index in [4.69, 9.17) is 0 Å². The molecule has 0 radical (unpaired) electrons. The smallest absolute Gasteiger partial charge is 0.224 e. The Morgan fingerprint density at radius 1 is 1.44 bits per heavy atom.